The molecule has 1 fully saturated rings. The van der Waals surface area contributed by atoms with Crippen LogP contribution in [0.15, 0.2) is 53.9 Å². The number of aryl methyl sites for hydroxylation is 1. The predicted molar refractivity (Wildman–Crippen MR) is 132 cm³/mol. The summed E-state index contributed by atoms with van der Waals surface area (Å²) < 4.78 is 13.8. The van der Waals surface area contributed by atoms with Gasteiger partial charge >= 0.3 is 6.03 Å². The minimum Gasteiger partial charge on any atom is -0.397 e. The van der Waals surface area contributed by atoms with Crippen LogP contribution in [0.5, 0.6) is 0 Å². The average molecular weight is 466 g/mol. The molecular weight excluding hydrogens is 437 g/mol. The standard InChI is InChI=1S/C24H28FN7O2/c1-16-14-17(4-5-20(16)25)22(27)23(29-10-3-2-9-26)18-6-11-28-21(15-18)30-24(33)32-12-7-19(31-34)8-13-32/h2-6,9,11,14-15,19,26,29H,7-8,10,12-13,27H2,1H3,(H,28,30,33)/b3-2-,23-22-,26-9?. The first kappa shape index (κ1) is 24.6. The fourth-order valence-corrected chi connectivity index (χ4v) is 3.62. The van der Waals surface area contributed by atoms with Crippen LogP contribution in [-0.4, -0.2) is 47.8 Å². The number of nitrogens with zero attached hydrogens (tertiary/aromatic N) is 3. The van der Waals surface area contributed by atoms with Crippen LogP contribution >= 0.6 is 0 Å². The normalized spacial score (nSPS) is 15.1. The molecule has 2 heterocycles. The van der Waals surface area contributed by atoms with Gasteiger partial charge in [-0.3, -0.25) is 5.32 Å². The van der Waals surface area contributed by atoms with Crippen molar-refractivity contribution in [3.8, 4) is 0 Å². The van der Waals surface area contributed by atoms with Gasteiger partial charge in [0, 0.05) is 37.6 Å². The molecule has 2 aromatic rings. The Labute approximate surface area is 197 Å². The van der Waals surface area contributed by atoms with Crippen LogP contribution < -0.4 is 16.4 Å². The van der Waals surface area contributed by atoms with Crippen LogP contribution in [0.1, 0.15) is 29.5 Å². The van der Waals surface area contributed by atoms with Crippen molar-refractivity contribution in [2.24, 2.45) is 10.9 Å². The van der Waals surface area contributed by atoms with Crippen molar-refractivity contribution in [3.05, 3.63) is 76.1 Å². The number of hydrogen-bond donors (Lipinski definition) is 4. The van der Waals surface area contributed by atoms with E-state index in [0.29, 0.717) is 66.4 Å². The summed E-state index contributed by atoms with van der Waals surface area (Å²) in [4.78, 5) is 29.2. The molecule has 3 rings (SSSR count). The van der Waals surface area contributed by atoms with Gasteiger partial charge in [0.15, 0.2) is 0 Å². The van der Waals surface area contributed by atoms with Gasteiger partial charge in [0.1, 0.15) is 11.6 Å². The number of urea groups is 1. The van der Waals surface area contributed by atoms with Gasteiger partial charge < -0.3 is 21.4 Å². The van der Waals surface area contributed by atoms with Crippen molar-refractivity contribution in [3.63, 3.8) is 0 Å². The lowest BCUT2D eigenvalue weighted by molar-refractivity contribution is 0.195. The number of amides is 2. The highest BCUT2D eigenvalue weighted by molar-refractivity contribution is 5.91. The summed E-state index contributed by atoms with van der Waals surface area (Å²) in [5, 5.41) is 16.2. The van der Waals surface area contributed by atoms with Gasteiger partial charge in [-0.25, -0.2) is 14.2 Å². The van der Waals surface area contributed by atoms with Gasteiger partial charge in [-0.2, -0.15) is 4.91 Å². The molecule has 1 aromatic carbocycles. The summed E-state index contributed by atoms with van der Waals surface area (Å²) in [6, 6.07) is 7.54. The molecule has 0 aliphatic carbocycles. The van der Waals surface area contributed by atoms with E-state index in [1.165, 1.54) is 12.3 Å². The van der Waals surface area contributed by atoms with E-state index in [9.17, 15) is 14.1 Å². The molecule has 5 N–H and O–H groups in total. The van der Waals surface area contributed by atoms with Crippen molar-refractivity contribution in [1.82, 2.24) is 15.2 Å². The molecule has 1 aliphatic heterocycles. The van der Waals surface area contributed by atoms with Crippen LogP contribution in [0.25, 0.3) is 11.4 Å². The highest BCUT2D eigenvalue weighted by Gasteiger charge is 2.23. The lowest BCUT2D eigenvalue weighted by Crippen LogP contribution is -2.42. The van der Waals surface area contributed by atoms with E-state index >= 15 is 0 Å². The number of allylic oxidation sites excluding steroid dienone is 1. The number of carbonyl (C=O) groups excluding carboxylic acids is 1. The Kier molecular flexibility index (Phi) is 8.44. The minimum atomic E-state index is -0.318. The molecule has 2 amide bonds. The van der Waals surface area contributed by atoms with E-state index in [4.69, 9.17) is 11.1 Å². The van der Waals surface area contributed by atoms with Gasteiger partial charge in [-0.15, -0.1) is 0 Å². The number of piperidine rings is 1. The zero-order chi connectivity index (χ0) is 24.5. The molecule has 0 atom stereocenters. The minimum absolute atomic E-state index is 0.246. The number of nitrogens with one attached hydrogen (secondary N) is 3. The summed E-state index contributed by atoms with van der Waals surface area (Å²) in [6.07, 6.45) is 7.16. The van der Waals surface area contributed by atoms with E-state index in [-0.39, 0.29) is 17.9 Å². The van der Waals surface area contributed by atoms with Crippen molar-refractivity contribution < 1.29 is 9.18 Å². The molecule has 9 nitrogen and oxygen atoms in total. The second kappa shape index (κ2) is 11.7. The van der Waals surface area contributed by atoms with Gasteiger partial charge in [0.2, 0.25) is 0 Å². The second-order valence-electron chi connectivity index (χ2n) is 7.91. The Morgan fingerprint density at radius 2 is 2.06 bits per heavy atom. The molecule has 178 valence electrons. The molecule has 0 bridgehead atoms. The maximum absolute atomic E-state index is 13.8. The third kappa shape index (κ3) is 6.25. The molecule has 1 aliphatic rings. The van der Waals surface area contributed by atoms with Crippen LogP contribution in [0.2, 0.25) is 0 Å². The molecule has 0 saturated carbocycles. The van der Waals surface area contributed by atoms with Crippen LogP contribution in [0.3, 0.4) is 0 Å². The number of rotatable bonds is 8. The zero-order valence-electron chi connectivity index (χ0n) is 18.9. The lowest BCUT2D eigenvalue weighted by atomic mass is 10.0. The van der Waals surface area contributed by atoms with E-state index < -0.39 is 0 Å². The third-order valence-corrected chi connectivity index (χ3v) is 5.55. The van der Waals surface area contributed by atoms with E-state index in [1.54, 1.807) is 54.4 Å². The van der Waals surface area contributed by atoms with Crippen LogP contribution in [0, 0.1) is 23.1 Å². The van der Waals surface area contributed by atoms with Crippen molar-refractivity contribution >= 4 is 29.5 Å². The smallest absolute Gasteiger partial charge is 0.323 e. The van der Waals surface area contributed by atoms with E-state index in [2.05, 4.69) is 20.8 Å². The summed E-state index contributed by atoms with van der Waals surface area (Å²) in [6.45, 7) is 2.96. The van der Waals surface area contributed by atoms with Gasteiger partial charge in [-0.05, 0) is 67.3 Å². The number of benzene rings is 1. The summed E-state index contributed by atoms with van der Waals surface area (Å²) in [5.41, 5.74) is 9.25. The molecule has 0 unspecified atom stereocenters. The summed E-state index contributed by atoms with van der Waals surface area (Å²) in [5.74, 6) is 0.0254. The Balaban J connectivity index is 1.86. The number of nitroso groups, excluding NO2 is 1. The maximum Gasteiger partial charge on any atom is 0.323 e. The number of hydrogen-bond acceptors (Lipinski definition) is 7. The number of likely N-dealkylation sites (tertiary alicyclic amines) is 1. The molecule has 10 heteroatoms. The third-order valence-electron chi connectivity index (χ3n) is 5.55. The second-order valence-corrected chi connectivity index (χ2v) is 7.91. The largest absolute Gasteiger partial charge is 0.397 e. The highest BCUT2D eigenvalue weighted by Crippen LogP contribution is 2.24. The zero-order valence-corrected chi connectivity index (χ0v) is 18.9. The quantitative estimate of drug-likeness (QED) is 0.346. The molecule has 1 aromatic heterocycles. The Morgan fingerprint density at radius 3 is 2.74 bits per heavy atom. The topological polar surface area (TPSA) is 137 Å². The first-order valence-corrected chi connectivity index (χ1v) is 10.9. The Hall–Kier alpha value is -4.08. The van der Waals surface area contributed by atoms with Crippen molar-refractivity contribution in [1.29, 1.82) is 5.41 Å². The van der Waals surface area contributed by atoms with E-state index in [0.717, 1.165) is 0 Å². The predicted octanol–water partition coefficient (Wildman–Crippen LogP) is 3.87. The monoisotopic (exact) mass is 465 g/mol. The average Bonchev–Trinajstić information content (AvgIpc) is 2.85. The van der Waals surface area contributed by atoms with Gasteiger partial charge in [0.25, 0.3) is 0 Å². The number of halogens is 1. The number of aromatic nitrogens is 1. The molecule has 0 spiro atoms. The van der Waals surface area contributed by atoms with Crippen molar-refractivity contribution in [2.75, 3.05) is 25.0 Å². The fourth-order valence-electron chi connectivity index (χ4n) is 3.62. The highest BCUT2D eigenvalue weighted by atomic mass is 19.1. The SMILES string of the molecule is Cc1cc(/C(N)=C(/NC/C=C\C=N)c2ccnc(NC(=O)N3CCC(N=O)CC3)c2)ccc1F. The Bertz CT molecular complexity index is 1110. The molecule has 34 heavy (non-hydrogen) atoms. The van der Waals surface area contributed by atoms with Gasteiger partial charge in [0.05, 0.1) is 17.4 Å². The first-order chi connectivity index (χ1) is 16.4. The molecule has 1 saturated heterocycles. The maximum atomic E-state index is 13.8. The van der Waals surface area contributed by atoms with Crippen molar-refractivity contribution in [2.45, 2.75) is 25.8 Å². The number of carbonyl (C=O) groups is 1. The lowest BCUT2D eigenvalue weighted by Gasteiger charge is -2.28. The Morgan fingerprint density at radius 1 is 1.29 bits per heavy atom. The summed E-state index contributed by atoms with van der Waals surface area (Å²) in [7, 11) is 0. The van der Waals surface area contributed by atoms with E-state index in [1.807, 2.05) is 0 Å². The molecule has 0 radical (unpaired) electrons. The van der Waals surface area contributed by atoms with Crippen LogP contribution in [0.4, 0.5) is 15.0 Å². The number of anilines is 1. The molecular formula is C24H28FN7O2. The number of nitrogens with two attached hydrogens (primary N) is 1. The van der Waals surface area contributed by atoms with Crippen LogP contribution in [-0.2, 0) is 0 Å². The first-order valence-electron chi connectivity index (χ1n) is 10.9. The summed E-state index contributed by atoms with van der Waals surface area (Å²) >= 11 is 0. The fraction of sp³-hybridized carbons (Fsp3) is 0.292. The number of pyridine rings is 1. The van der Waals surface area contributed by atoms with Gasteiger partial charge in [-0.1, -0.05) is 11.3 Å².